The molecule has 1 aromatic heterocycles. The van der Waals surface area contributed by atoms with E-state index < -0.39 is 28.8 Å². The molecule has 2 aliphatic heterocycles. The van der Waals surface area contributed by atoms with Gasteiger partial charge in [-0.15, -0.1) is 0 Å². The van der Waals surface area contributed by atoms with Crippen molar-refractivity contribution in [2.45, 2.75) is 12.3 Å². The van der Waals surface area contributed by atoms with Gasteiger partial charge in [0, 0.05) is 17.5 Å². The number of rotatable bonds is 3. The molecule has 0 spiro atoms. The van der Waals surface area contributed by atoms with E-state index in [0.717, 1.165) is 0 Å². The van der Waals surface area contributed by atoms with Gasteiger partial charge in [0.15, 0.2) is 28.4 Å². The van der Waals surface area contributed by atoms with Crippen LogP contribution in [0, 0.1) is 0 Å². The number of carbonyl (C=O) groups is 1. The largest absolute Gasteiger partial charge is 0.504 e. The van der Waals surface area contributed by atoms with Gasteiger partial charge in [-0.2, -0.15) is 0 Å². The fraction of sp³-hybridized carbons (Fsp3) is 0.185. The van der Waals surface area contributed by atoms with Crippen molar-refractivity contribution in [2.75, 3.05) is 20.3 Å². The molecule has 0 bridgehead atoms. The van der Waals surface area contributed by atoms with Gasteiger partial charge < -0.3 is 33.6 Å². The summed E-state index contributed by atoms with van der Waals surface area (Å²) in [5.41, 5.74) is 0.948. The first-order valence-electron chi connectivity index (χ1n) is 11.3. The van der Waals surface area contributed by atoms with Gasteiger partial charge in [-0.1, -0.05) is 30.3 Å². The number of methoxy groups -OCH3 is 1. The summed E-state index contributed by atoms with van der Waals surface area (Å²) in [4.78, 5) is 25.7. The topological polar surface area (TPSA) is 125 Å². The van der Waals surface area contributed by atoms with E-state index in [9.17, 15) is 19.8 Å². The third-order valence-electron chi connectivity index (χ3n) is 6.36. The van der Waals surface area contributed by atoms with Crippen molar-refractivity contribution in [3.05, 3.63) is 69.9 Å². The Morgan fingerprint density at radius 3 is 2.50 bits per heavy atom. The maximum Gasteiger partial charge on any atom is 0.312 e. The molecule has 2 N–H and O–H groups in total. The monoisotopic (exact) mass is 488 g/mol. The number of fused-ring (bicyclic) bond motifs is 4. The van der Waals surface area contributed by atoms with E-state index in [-0.39, 0.29) is 34.5 Å². The molecule has 0 radical (unpaired) electrons. The third-order valence-corrected chi connectivity index (χ3v) is 6.36. The highest BCUT2D eigenvalue weighted by atomic mass is 16.6. The quantitative estimate of drug-likeness (QED) is 0.249. The highest BCUT2D eigenvalue weighted by Gasteiger charge is 2.37. The van der Waals surface area contributed by atoms with Gasteiger partial charge in [0.25, 0.3) is 0 Å². The number of phenols is 2. The minimum atomic E-state index is -0.717. The van der Waals surface area contributed by atoms with Crippen LogP contribution in [0.15, 0.2) is 57.7 Å². The summed E-state index contributed by atoms with van der Waals surface area (Å²) in [6.45, 7) is 0.711. The molecule has 2 aliphatic rings. The lowest BCUT2D eigenvalue weighted by atomic mass is 9.84. The molecule has 0 saturated heterocycles. The standard InChI is InChI=1S/C27H20O9/c1-32-18-9-14(10-19-25(18)34-8-7-33-19)15-11-20(29)36-27-21(15)26-22(23(30)24(27)31)16(28)12-17(35-26)13-5-3-2-4-6-13/h2-6,9-10,12,15,30-31H,7-8,11H2,1H3. The number of phenolic OH excluding ortho intramolecular Hbond substituents is 2. The van der Waals surface area contributed by atoms with Gasteiger partial charge in [0.2, 0.25) is 11.5 Å². The van der Waals surface area contributed by atoms with Gasteiger partial charge in [-0.05, 0) is 17.7 Å². The van der Waals surface area contributed by atoms with Crippen LogP contribution in [-0.4, -0.2) is 36.5 Å². The van der Waals surface area contributed by atoms with Crippen molar-refractivity contribution in [3.8, 4) is 45.8 Å². The number of carbonyl (C=O) groups excluding carboxylic acids is 1. The predicted molar refractivity (Wildman–Crippen MR) is 127 cm³/mol. The van der Waals surface area contributed by atoms with Gasteiger partial charge in [0.05, 0.1) is 19.1 Å². The summed E-state index contributed by atoms with van der Waals surface area (Å²) in [6.07, 6.45) is -0.117. The molecule has 0 amide bonds. The van der Waals surface area contributed by atoms with E-state index in [4.69, 9.17) is 23.4 Å². The zero-order chi connectivity index (χ0) is 25.0. The van der Waals surface area contributed by atoms with E-state index in [1.807, 2.05) is 6.07 Å². The Kier molecular flexibility index (Phi) is 4.99. The maximum atomic E-state index is 13.1. The molecular formula is C27H20O9. The van der Waals surface area contributed by atoms with Gasteiger partial charge >= 0.3 is 5.97 Å². The number of hydrogen-bond acceptors (Lipinski definition) is 9. The molecule has 3 aromatic carbocycles. The normalized spacial score (nSPS) is 16.4. The number of ether oxygens (including phenoxy) is 4. The summed E-state index contributed by atoms with van der Waals surface area (Å²) in [6, 6.07) is 13.7. The summed E-state index contributed by atoms with van der Waals surface area (Å²) in [5, 5.41) is 21.2. The van der Waals surface area contributed by atoms with Crippen molar-refractivity contribution < 1.29 is 38.4 Å². The van der Waals surface area contributed by atoms with Crippen molar-refractivity contribution >= 4 is 16.9 Å². The number of hydrogen-bond donors (Lipinski definition) is 2. The summed E-state index contributed by atoms with van der Waals surface area (Å²) < 4.78 is 28.5. The van der Waals surface area contributed by atoms with Crippen molar-refractivity contribution in [1.29, 1.82) is 0 Å². The second kappa shape index (κ2) is 8.23. The third kappa shape index (κ3) is 3.31. The predicted octanol–water partition coefficient (Wildman–Crippen LogP) is 4.09. The molecule has 1 unspecified atom stereocenters. The molecular weight excluding hydrogens is 468 g/mol. The SMILES string of the molecule is COc1cc(C2CC(=O)Oc3c(O)c(O)c4c(=O)cc(-c5ccccc5)oc4c32)cc2c1OCCO2. The Morgan fingerprint density at radius 2 is 1.72 bits per heavy atom. The molecule has 9 nitrogen and oxygen atoms in total. The molecule has 0 fully saturated rings. The highest BCUT2D eigenvalue weighted by Crippen LogP contribution is 2.53. The first-order valence-corrected chi connectivity index (χ1v) is 11.3. The maximum absolute atomic E-state index is 13.1. The molecule has 4 aromatic rings. The molecule has 0 aliphatic carbocycles. The second-order valence-corrected chi connectivity index (χ2v) is 8.46. The molecule has 9 heteroatoms. The van der Waals surface area contributed by atoms with Crippen LogP contribution in [0.1, 0.15) is 23.5 Å². The second-order valence-electron chi connectivity index (χ2n) is 8.46. The van der Waals surface area contributed by atoms with E-state index in [1.165, 1.54) is 13.2 Å². The Bertz CT molecular complexity index is 1570. The summed E-state index contributed by atoms with van der Waals surface area (Å²) in [7, 11) is 1.49. The number of benzene rings is 3. The zero-order valence-electron chi connectivity index (χ0n) is 19.1. The van der Waals surface area contributed by atoms with E-state index in [2.05, 4.69) is 0 Å². The first-order chi connectivity index (χ1) is 17.5. The van der Waals surface area contributed by atoms with Gasteiger partial charge in [-0.25, -0.2) is 0 Å². The first kappa shape index (κ1) is 21.8. The molecule has 0 saturated carbocycles. The van der Waals surface area contributed by atoms with Crippen LogP contribution in [0.5, 0.6) is 34.5 Å². The lowest BCUT2D eigenvalue weighted by molar-refractivity contribution is -0.135. The van der Waals surface area contributed by atoms with Crippen molar-refractivity contribution in [1.82, 2.24) is 0 Å². The van der Waals surface area contributed by atoms with Crippen LogP contribution in [0.25, 0.3) is 22.3 Å². The Balaban J connectivity index is 1.66. The van der Waals surface area contributed by atoms with E-state index in [0.29, 0.717) is 41.6 Å². The Hall–Kier alpha value is -4.66. The minimum Gasteiger partial charge on any atom is -0.504 e. The average Bonchev–Trinajstić information content (AvgIpc) is 2.90. The molecule has 6 rings (SSSR count). The lowest BCUT2D eigenvalue weighted by Crippen LogP contribution is -2.23. The van der Waals surface area contributed by atoms with E-state index >= 15 is 0 Å². The highest BCUT2D eigenvalue weighted by molar-refractivity contribution is 5.96. The van der Waals surface area contributed by atoms with Crippen LogP contribution in [-0.2, 0) is 4.79 Å². The summed E-state index contributed by atoms with van der Waals surface area (Å²) in [5.74, 6) is -1.48. The van der Waals surface area contributed by atoms with Crippen LogP contribution in [0.2, 0.25) is 0 Å². The molecule has 182 valence electrons. The van der Waals surface area contributed by atoms with E-state index in [1.54, 1.807) is 36.4 Å². The smallest absolute Gasteiger partial charge is 0.312 e. The lowest BCUT2D eigenvalue weighted by Gasteiger charge is -2.28. The van der Waals surface area contributed by atoms with Crippen LogP contribution in [0.4, 0.5) is 0 Å². The van der Waals surface area contributed by atoms with Crippen LogP contribution in [0.3, 0.4) is 0 Å². The fourth-order valence-corrected chi connectivity index (χ4v) is 4.73. The molecule has 1 atom stereocenters. The summed E-state index contributed by atoms with van der Waals surface area (Å²) >= 11 is 0. The van der Waals surface area contributed by atoms with Crippen molar-refractivity contribution in [2.24, 2.45) is 0 Å². The van der Waals surface area contributed by atoms with Crippen LogP contribution < -0.4 is 24.4 Å². The number of aromatic hydroxyl groups is 2. The minimum absolute atomic E-state index is 0.0120. The Morgan fingerprint density at radius 1 is 0.944 bits per heavy atom. The molecule has 36 heavy (non-hydrogen) atoms. The Labute approximate surface area is 204 Å². The fourth-order valence-electron chi connectivity index (χ4n) is 4.73. The average molecular weight is 488 g/mol. The van der Waals surface area contributed by atoms with Gasteiger partial charge in [0.1, 0.15) is 29.9 Å². The van der Waals surface area contributed by atoms with Gasteiger partial charge in [-0.3, -0.25) is 9.59 Å². The zero-order valence-corrected chi connectivity index (χ0v) is 19.1. The van der Waals surface area contributed by atoms with Crippen molar-refractivity contribution in [3.63, 3.8) is 0 Å². The number of esters is 1. The van der Waals surface area contributed by atoms with Crippen LogP contribution >= 0.6 is 0 Å². The molecule has 3 heterocycles.